The number of thiophene rings is 1. The molecule has 0 unspecified atom stereocenters. The molecule has 0 radical (unpaired) electrons. The van der Waals surface area contributed by atoms with Crippen molar-refractivity contribution in [3.05, 3.63) is 67.2 Å². The third kappa shape index (κ3) is 3.62. The number of piperidine rings is 1. The molecule has 32 heavy (non-hydrogen) atoms. The summed E-state index contributed by atoms with van der Waals surface area (Å²) in [5.41, 5.74) is 1.38. The summed E-state index contributed by atoms with van der Waals surface area (Å²) in [6.07, 6.45) is 6.95. The Hall–Kier alpha value is -2.67. The molecule has 1 atom stereocenters. The molecule has 3 aromatic rings. The molecule has 7 heteroatoms. The van der Waals surface area contributed by atoms with Gasteiger partial charge in [-0.05, 0) is 56.1 Å². The van der Waals surface area contributed by atoms with Gasteiger partial charge >= 0.3 is 5.69 Å². The molecule has 0 bridgehead atoms. The van der Waals surface area contributed by atoms with Crippen LogP contribution in [0.5, 0.6) is 0 Å². The fourth-order valence-corrected chi connectivity index (χ4v) is 6.65. The number of amides is 1. The minimum atomic E-state index is -0.385. The lowest BCUT2D eigenvalue weighted by Crippen LogP contribution is -2.47. The molecule has 1 amide bonds. The molecule has 2 aliphatic rings. The number of hydrogen-bond donors (Lipinski definition) is 0. The highest BCUT2D eigenvalue weighted by atomic mass is 32.1. The summed E-state index contributed by atoms with van der Waals surface area (Å²) in [5, 5.41) is 0.650. The lowest BCUT2D eigenvalue weighted by atomic mass is 10.00. The van der Waals surface area contributed by atoms with Crippen molar-refractivity contribution in [1.29, 1.82) is 0 Å². The van der Waals surface area contributed by atoms with E-state index in [-0.39, 0.29) is 36.3 Å². The first kappa shape index (κ1) is 21.2. The molecule has 1 aliphatic heterocycles. The molecule has 0 saturated carbocycles. The average molecular weight is 452 g/mol. The number of carbonyl (C=O) groups excluding carboxylic acids is 1. The Bertz CT molecular complexity index is 1270. The number of likely N-dealkylation sites (tertiary alicyclic amines) is 1. The first-order valence-electron chi connectivity index (χ1n) is 11.7. The Labute approximate surface area is 191 Å². The molecule has 1 saturated heterocycles. The van der Waals surface area contributed by atoms with Gasteiger partial charge in [0.25, 0.3) is 5.56 Å². The van der Waals surface area contributed by atoms with Crippen LogP contribution in [0.25, 0.3) is 10.2 Å². The quantitative estimate of drug-likeness (QED) is 0.596. The summed E-state index contributed by atoms with van der Waals surface area (Å²) in [4.78, 5) is 44.2. The Morgan fingerprint density at radius 1 is 1.06 bits per heavy atom. The van der Waals surface area contributed by atoms with E-state index in [0.717, 1.165) is 62.6 Å². The zero-order valence-corrected chi connectivity index (χ0v) is 19.3. The number of benzene rings is 1. The number of aryl methyl sites for hydroxylation is 2. The van der Waals surface area contributed by atoms with E-state index in [2.05, 4.69) is 6.92 Å². The Morgan fingerprint density at radius 3 is 2.66 bits per heavy atom. The Kier molecular flexibility index (Phi) is 5.76. The van der Waals surface area contributed by atoms with Gasteiger partial charge < -0.3 is 4.90 Å². The van der Waals surface area contributed by atoms with Gasteiger partial charge in [0, 0.05) is 17.5 Å². The standard InChI is InChI=1S/C25H29N3O3S/c1-2-18-11-6-7-14-26(18)21(29)16-28-24-22(19-12-8-13-20(19)32-24)23(30)27(25(28)31)15-17-9-4-3-5-10-17/h3-5,9-10,18H,2,6-8,11-16H2,1H3/t18-/m1/s1. The van der Waals surface area contributed by atoms with Gasteiger partial charge in [-0.1, -0.05) is 37.3 Å². The van der Waals surface area contributed by atoms with E-state index in [4.69, 9.17) is 0 Å². The number of aromatic nitrogens is 2. The predicted molar refractivity (Wildman–Crippen MR) is 128 cm³/mol. The van der Waals surface area contributed by atoms with Crippen molar-refractivity contribution in [2.45, 2.75) is 71.0 Å². The van der Waals surface area contributed by atoms with Gasteiger partial charge in [-0.15, -0.1) is 11.3 Å². The first-order chi connectivity index (χ1) is 15.6. The highest BCUT2D eigenvalue weighted by Gasteiger charge is 2.29. The molecule has 3 heterocycles. The van der Waals surface area contributed by atoms with Crippen LogP contribution >= 0.6 is 11.3 Å². The maximum Gasteiger partial charge on any atom is 0.332 e. The topological polar surface area (TPSA) is 64.3 Å². The smallest absolute Gasteiger partial charge is 0.332 e. The van der Waals surface area contributed by atoms with Crippen LogP contribution in [0.2, 0.25) is 0 Å². The van der Waals surface area contributed by atoms with Gasteiger partial charge in [0.1, 0.15) is 11.4 Å². The van der Waals surface area contributed by atoms with E-state index in [1.807, 2.05) is 35.2 Å². The van der Waals surface area contributed by atoms with Crippen molar-refractivity contribution in [1.82, 2.24) is 14.0 Å². The van der Waals surface area contributed by atoms with Crippen molar-refractivity contribution in [3.63, 3.8) is 0 Å². The number of nitrogens with zero attached hydrogens (tertiary/aromatic N) is 3. The predicted octanol–water partition coefficient (Wildman–Crippen LogP) is 3.55. The lowest BCUT2D eigenvalue weighted by molar-refractivity contribution is -0.135. The number of hydrogen-bond acceptors (Lipinski definition) is 4. The van der Waals surface area contributed by atoms with Gasteiger partial charge in [-0.3, -0.25) is 18.7 Å². The van der Waals surface area contributed by atoms with Crippen LogP contribution in [0.3, 0.4) is 0 Å². The van der Waals surface area contributed by atoms with Crippen molar-refractivity contribution in [2.75, 3.05) is 6.54 Å². The van der Waals surface area contributed by atoms with Gasteiger partial charge in [0.15, 0.2) is 0 Å². The minimum absolute atomic E-state index is 0.000294. The van der Waals surface area contributed by atoms with E-state index in [0.29, 0.717) is 10.2 Å². The van der Waals surface area contributed by atoms with Crippen LogP contribution < -0.4 is 11.2 Å². The van der Waals surface area contributed by atoms with Gasteiger partial charge in [0.05, 0.1) is 11.9 Å². The summed E-state index contributed by atoms with van der Waals surface area (Å²) in [6.45, 7) is 3.08. The highest BCUT2D eigenvalue weighted by Crippen LogP contribution is 2.35. The molecule has 1 fully saturated rings. The molecule has 168 valence electrons. The second kappa shape index (κ2) is 8.70. The van der Waals surface area contributed by atoms with Gasteiger partial charge in [-0.25, -0.2) is 4.79 Å². The van der Waals surface area contributed by atoms with Crippen LogP contribution in [-0.4, -0.2) is 32.5 Å². The fraction of sp³-hybridized carbons (Fsp3) is 0.480. The Morgan fingerprint density at radius 2 is 1.88 bits per heavy atom. The molecule has 0 N–H and O–H groups in total. The monoisotopic (exact) mass is 451 g/mol. The second-order valence-corrected chi connectivity index (χ2v) is 10.0. The molecule has 6 nitrogen and oxygen atoms in total. The van der Waals surface area contributed by atoms with E-state index in [1.165, 1.54) is 20.8 Å². The van der Waals surface area contributed by atoms with E-state index in [1.54, 1.807) is 4.57 Å². The zero-order valence-electron chi connectivity index (χ0n) is 18.5. The number of fused-ring (bicyclic) bond motifs is 3. The van der Waals surface area contributed by atoms with Gasteiger partial charge in [0.2, 0.25) is 5.91 Å². The molecule has 1 aliphatic carbocycles. The third-order valence-corrected chi connectivity index (χ3v) is 8.28. The fourth-order valence-electron chi connectivity index (χ4n) is 5.28. The molecule has 0 spiro atoms. The SMILES string of the molecule is CC[C@@H]1CCCCN1C(=O)Cn1c(=O)n(Cc2ccccc2)c(=O)c2c3c(sc21)CCC3. The van der Waals surface area contributed by atoms with Crippen molar-refractivity contribution >= 4 is 27.5 Å². The number of carbonyl (C=O) groups is 1. The van der Waals surface area contributed by atoms with Crippen LogP contribution in [0, 0.1) is 0 Å². The molecule has 1 aromatic carbocycles. The van der Waals surface area contributed by atoms with Crippen LogP contribution in [0.1, 0.15) is 55.0 Å². The van der Waals surface area contributed by atoms with Crippen LogP contribution in [-0.2, 0) is 30.7 Å². The lowest BCUT2D eigenvalue weighted by Gasteiger charge is -2.35. The number of rotatable bonds is 5. The average Bonchev–Trinajstić information content (AvgIpc) is 3.41. The van der Waals surface area contributed by atoms with Gasteiger partial charge in [-0.2, -0.15) is 0 Å². The summed E-state index contributed by atoms with van der Waals surface area (Å²) < 4.78 is 2.90. The maximum atomic E-state index is 13.6. The summed E-state index contributed by atoms with van der Waals surface area (Å²) in [6, 6.07) is 9.81. The normalized spacial score (nSPS) is 18.3. The molecule has 2 aromatic heterocycles. The third-order valence-electron chi connectivity index (χ3n) is 6.96. The van der Waals surface area contributed by atoms with E-state index >= 15 is 0 Å². The van der Waals surface area contributed by atoms with Crippen molar-refractivity contribution in [3.8, 4) is 0 Å². The van der Waals surface area contributed by atoms with Crippen molar-refractivity contribution < 1.29 is 4.79 Å². The van der Waals surface area contributed by atoms with E-state index in [9.17, 15) is 14.4 Å². The Balaban J connectivity index is 1.62. The molecular weight excluding hydrogens is 422 g/mol. The van der Waals surface area contributed by atoms with Crippen LogP contribution in [0.15, 0.2) is 39.9 Å². The zero-order chi connectivity index (χ0) is 22.2. The highest BCUT2D eigenvalue weighted by molar-refractivity contribution is 7.19. The maximum absolute atomic E-state index is 13.6. The largest absolute Gasteiger partial charge is 0.338 e. The van der Waals surface area contributed by atoms with Crippen molar-refractivity contribution in [2.24, 2.45) is 0 Å². The summed E-state index contributed by atoms with van der Waals surface area (Å²) >= 11 is 1.53. The van der Waals surface area contributed by atoms with Crippen LogP contribution in [0.4, 0.5) is 0 Å². The minimum Gasteiger partial charge on any atom is -0.338 e. The van der Waals surface area contributed by atoms with E-state index < -0.39 is 0 Å². The summed E-state index contributed by atoms with van der Waals surface area (Å²) in [7, 11) is 0. The first-order valence-corrected chi connectivity index (χ1v) is 12.5. The molecule has 5 rings (SSSR count). The second-order valence-electron chi connectivity index (χ2n) is 8.93. The molecular formula is C25H29N3O3S. The summed E-state index contributed by atoms with van der Waals surface area (Å²) in [5.74, 6) is -0.0154.